The lowest BCUT2D eigenvalue weighted by atomic mass is 9.48. The highest BCUT2D eigenvalue weighted by Gasteiger charge is 2.51. The number of anilines is 2. The van der Waals surface area contributed by atoms with Gasteiger partial charge in [0.15, 0.2) is 0 Å². The van der Waals surface area contributed by atoms with Gasteiger partial charge in [-0.1, -0.05) is 17.7 Å². The van der Waals surface area contributed by atoms with Crippen LogP contribution >= 0.6 is 11.6 Å². The van der Waals surface area contributed by atoms with Crippen molar-refractivity contribution in [3.8, 4) is 0 Å². The van der Waals surface area contributed by atoms with Gasteiger partial charge in [-0.3, -0.25) is 0 Å². The summed E-state index contributed by atoms with van der Waals surface area (Å²) in [4.78, 5) is 16.3. The van der Waals surface area contributed by atoms with E-state index in [2.05, 4.69) is 22.4 Å². The number of carbonyl (C=O) groups is 1. The van der Waals surface area contributed by atoms with Crippen LogP contribution in [0.15, 0.2) is 36.5 Å². The van der Waals surface area contributed by atoms with Gasteiger partial charge in [-0.2, -0.15) is 0 Å². The number of carbonyl (C=O) groups excluding carboxylic acids is 1. The van der Waals surface area contributed by atoms with Crippen LogP contribution in [0.5, 0.6) is 0 Å². The molecule has 5 heteroatoms. The minimum atomic E-state index is -0.420. The maximum atomic E-state index is 12.0. The van der Waals surface area contributed by atoms with Gasteiger partial charge in [0.2, 0.25) is 0 Å². The van der Waals surface area contributed by atoms with Crippen LogP contribution in [0.25, 0.3) is 0 Å². The number of methoxy groups -OCH3 is 1. The Labute approximate surface area is 170 Å². The van der Waals surface area contributed by atoms with Gasteiger partial charge in [0, 0.05) is 6.20 Å². The number of hydrogen-bond acceptors (Lipinski definition) is 4. The van der Waals surface area contributed by atoms with E-state index >= 15 is 0 Å². The van der Waals surface area contributed by atoms with E-state index in [0.717, 1.165) is 23.4 Å². The van der Waals surface area contributed by atoms with Crippen molar-refractivity contribution >= 4 is 29.1 Å². The van der Waals surface area contributed by atoms with Crippen molar-refractivity contribution in [2.75, 3.05) is 12.4 Å². The number of rotatable bonds is 4. The summed E-state index contributed by atoms with van der Waals surface area (Å²) < 4.78 is 4.85. The van der Waals surface area contributed by atoms with E-state index in [9.17, 15) is 4.79 Å². The molecule has 146 valence electrons. The Morgan fingerprint density at radius 2 is 1.82 bits per heavy atom. The summed E-state index contributed by atoms with van der Waals surface area (Å²) in [7, 11) is 1.37. The molecule has 6 rings (SSSR count). The average molecular weight is 397 g/mol. The first-order chi connectivity index (χ1) is 13.6. The van der Waals surface area contributed by atoms with E-state index in [1.54, 1.807) is 18.3 Å². The topological polar surface area (TPSA) is 51.2 Å². The second kappa shape index (κ2) is 6.77. The number of halogens is 1. The van der Waals surface area contributed by atoms with Gasteiger partial charge in [-0.25, -0.2) is 9.78 Å². The Balaban J connectivity index is 1.43. The van der Waals surface area contributed by atoms with Gasteiger partial charge >= 0.3 is 5.97 Å². The van der Waals surface area contributed by atoms with Crippen molar-refractivity contribution < 1.29 is 9.53 Å². The molecular weight excluding hydrogens is 372 g/mol. The van der Waals surface area contributed by atoms with Crippen LogP contribution in [0, 0.1) is 17.8 Å². The van der Waals surface area contributed by atoms with Crippen molar-refractivity contribution in [3.63, 3.8) is 0 Å². The molecular formula is C23H25ClN2O2. The van der Waals surface area contributed by atoms with Crippen molar-refractivity contribution in [3.05, 3.63) is 52.7 Å². The molecule has 0 unspecified atom stereocenters. The molecule has 0 aliphatic heterocycles. The third kappa shape index (κ3) is 2.98. The molecule has 2 aromatic rings. The second-order valence-electron chi connectivity index (χ2n) is 8.91. The van der Waals surface area contributed by atoms with Crippen LogP contribution in [0.4, 0.5) is 11.5 Å². The van der Waals surface area contributed by atoms with Crippen LogP contribution in [0.3, 0.4) is 0 Å². The first kappa shape index (κ1) is 18.0. The zero-order valence-electron chi connectivity index (χ0n) is 16.1. The predicted octanol–water partition coefficient (Wildman–Crippen LogP) is 5.73. The summed E-state index contributed by atoms with van der Waals surface area (Å²) in [6.45, 7) is 0. The lowest BCUT2D eigenvalue weighted by molar-refractivity contribution is -0.00517. The van der Waals surface area contributed by atoms with E-state index in [4.69, 9.17) is 16.3 Å². The average Bonchev–Trinajstić information content (AvgIpc) is 2.68. The highest BCUT2D eigenvalue weighted by atomic mass is 35.5. The molecule has 4 bridgehead atoms. The van der Waals surface area contributed by atoms with Crippen molar-refractivity contribution in [1.82, 2.24) is 4.98 Å². The Morgan fingerprint density at radius 1 is 1.14 bits per heavy atom. The molecule has 0 saturated heterocycles. The van der Waals surface area contributed by atoms with E-state index in [1.807, 2.05) is 6.07 Å². The molecule has 1 N–H and O–H groups in total. The summed E-state index contributed by atoms with van der Waals surface area (Å²) in [6, 6.07) is 9.81. The molecule has 1 heterocycles. The minimum absolute atomic E-state index is 0.319. The quantitative estimate of drug-likeness (QED) is 0.670. The first-order valence-electron chi connectivity index (χ1n) is 10.2. The number of nitrogens with one attached hydrogen (secondary N) is 1. The monoisotopic (exact) mass is 396 g/mol. The van der Waals surface area contributed by atoms with Crippen LogP contribution in [-0.4, -0.2) is 18.1 Å². The third-order valence-corrected chi connectivity index (χ3v) is 7.40. The van der Waals surface area contributed by atoms with Crippen LogP contribution in [0.2, 0.25) is 5.02 Å². The predicted molar refractivity (Wildman–Crippen MR) is 110 cm³/mol. The van der Waals surface area contributed by atoms with E-state index < -0.39 is 5.97 Å². The molecule has 1 aromatic carbocycles. The van der Waals surface area contributed by atoms with Gasteiger partial charge in [0.25, 0.3) is 0 Å². The maximum Gasteiger partial charge on any atom is 0.341 e. The van der Waals surface area contributed by atoms with Gasteiger partial charge in [-0.05, 0) is 91.5 Å². The standard InChI is InChI=1S/C23H25ClN2O2/c1-28-22(27)18-3-2-6-25-21(18)26-20-5-4-17(10-19(20)24)23-11-14-7-15(12-23)9-16(8-14)13-23/h2-6,10,14-16H,7-9,11-13H2,1H3,(H,25,26). The molecule has 0 spiro atoms. The molecule has 4 aliphatic rings. The number of ether oxygens (including phenoxy) is 1. The van der Waals surface area contributed by atoms with Crippen molar-refractivity contribution in [2.45, 2.75) is 43.9 Å². The molecule has 0 radical (unpaired) electrons. The fraction of sp³-hybridized carbons (Fsp3) is 0.478. The van der Waals surface area contributed by atoms with Gasteiger partial charge in [0.1, 0.15) is 11.4 Å². The summed E-state index contributed by atoms with van der Waals surface area (Å²) in [5, 5.41) is 3.89. The Hall–Kier alpha value is -2.07. The second-order valence-corrected chi connectivity index (χ2v) is 9.32. The molecule has 4 nitrogen and oxygen atoms in total. The molecule has 1 aromatic heterocycles. The number of benzene rings is 1. The Kier molecular flexibility index (Phi) is 4.35. The highest BCUT2D eigenvalue weighted by molar-refractivity contribution is 6.33. The number of pyridine rings is 1. The maximum absolute atomic E-state index is 12.0. The zero-order valence-corrected chi connectivity index (χ0v) is 16.8. The molecule has 0 amide bonds. The first-order valence-corrected chi connectivity index (χ1v) is 10.5. The Bertz CT molecular complexity index is 891. The fourth-order valence-electron chi connectivity index (χ4n) is 6.32. The van der Waals surface area contributed by atoms with Crippen LogP contribution < -0.4 is 5.32 Å². The molecule has 4 saturated carbocycles. The summed E-state index contributed by atoms with van der Waals surface area (Å²) in [5.74, 6) is 2.74. The van der Waals surface area contributed by atoms with Crippen molar-refractivity contribution in [1.29, 1.82) is 0 Å². The fourth-order valence-corrected chi connectivity index (χ4v) is 6.55. The van der Waals surface area contributed by atoms with Gasteiger partial charge < -0.3 is 10.1 Å². The summed E-state index contributed by atoms with van der Waals surface area (Å²) >= 11 is 6.68. The number of hydrogen-bond donors (Lipinski definition) is 1. The van der Waals surface area contributed by atoms with E-state index in [1.165, 1.54) is 51.2 Å². The van der Waals surface area contributed by atoms with E-state index in [0.29, 0.717) is 21.8 Å². The number of nitrogens with zero attached hydrogens (tertiary/aromatic N) is 1. The van der Waals surface area contributed by atoms with Crippen molar-refractivity contribution in [2.24, 2.45) is 17.8 Å². The van der Waals surface area contributed by atoms with Crippen LogP contribution in [0.1, 0.15) is 54.4 Å². The lowest BCUT2D eigenvalue weighted by Crippen LogP contribution is -2.48. The molecule has 0 atom stereocenters. The zero-order chi connectivity index (χ0) is 19.3. The lowest BCUT2D eigenvalue weighted by Gasteiger charge is -2.57. The van der Waals surface area contributed by atoms with Crippen LogP contribution in [-0.2, 0) is 10.2 Å². The van der Waals surface area contributed by atoms with E-state index in [-0.39, 0.29) is 0 Å². The SMILES string of the molecule is COC(=O)c1cccnc1Nc1ccc(C23CC4CC(CC(C4)C2)C3)cc1Cl. The Morgan fingerprint density at radius 3 is 2.43 bits per heavy atom. The highest BCUT2D eigenvalue weighted by Crippen LogP contribution is 2.61. The number of aromatic nitrogens is 1. The van der Waals surface area contributed by atoms with Gasteiger partial charge in [0.05, 0.1) is 17.8 Å². The normalized spacial score (nSPS) is 30.3. The molecule has 28 heavy (non-hydrogen) atoms. The summed E-state index contributed by atoms with van der Waals surface area (Å²) in [6.07, 6.45) is 9.89. The minimum Gasteiger partial charge on any atom is -0.465 e. The smallest absolute Gasteiger partial charge is 0.341 e. The molecule has 4 aliphatic carbocycles. The van der Waals surface area contributed by atoms with Gasteiger partial charge in [-0.15, -0.1) is 0 Å². The number of esters is 1. The summed E-state index contributed by atoms with van der Waals surface area (Å²) in [5.41, 5.74) is 2.86. The largest absolute Gasteiger partial charge is 0.465 e. The molecule has 4 fully saturated rings. The third-order valence-electron chi connectivity index (χ3n) is 7.09.